The van der Waals surface area contributed by atoms with Crippen molar-refractivity contribution in [2.45, 2.75) is 23.8 Å². The molecule has 0 fully saturated rings. The van der Waals surface area contributed by atoms with Crippen LogP contribution in [-0.2, 0) is 4.79 Å². The van der Waals surface area contributed by atoms with E-state index in [2.05, 4.69) is 21.2 Å². The van der Waals surface area contributed by atoms with Crippen LogP contribution in [0.2, 0.25) is 0 Å². The van der Waals surface area contributed by atoms with Gasteiger partial charge in [-0.2, -0.15) is 0 Å². The van der Waals surface area contributed by atoms with Crippen LogP contribution in [0.15, 0.2) is 33.6 Å². The molecule has 1 amide bonds. The third kappa shape index (κ3) is 5.14. The zero-order valence-electron chi connectivity index (χ0n) is 10.7. The van der Waals surface area contributed by atoms with Crippen LogP contribution in [0.4, 0.5) is 0 Å². The Balaban J connectivity index is 2.49. The van der Waals surface area contributed by atoms with Crippen LogP contribution in [-0.4, -0.2) is 40.6 Å². The summed E-state index contributed by atoms with van der Waals surface area (Å²) in [5.41, 5.74) is -0.919. The molecule has 0 saturated carbocycles. The average Bonchev–Trinajstić information content (AvgIpc) is 2.44. The molecule has 19 heavy (non-hydrogen) atoms. The van der Waals surface area contributed by atoms with Gasteiger partial charge >= 0.3 is 0 Å². The van der Waals surface area contributed by atoms with Crippen LogP contribution in [0.1, 0.15) is 13.3 Å². The molecule has 0 spiro atoms. The lowest BCUT2D eigenvalue weighted by Gasteiger charge is -2.29. The molecule has 106 valence electrons. The number of hydrogen-bond donors (Lipinski definition) is 3. The van der Waals surface area contributed by atoms with E-state index < -0.39 is 5.54 Å². The number of thioether (sulfide) groups is 1. The van der Waals surface area contributed by atoms with Gasteiger partial charge in [0.05, 0.1) is 24.5 Å². The van der Waals surface area contributed by atoms with Crippen molar-refractivity contribution < 1.29 is 15.0 Å². The minimum atomic E-state index is -0.919. The maximum Gasteiger partial charge on any atom is 0.230 e. The van der Waals surface area contributed by atoms with Gasteiger partial charge < -0.3 is 15.5 Å². The van der Waals surface area contributed by atoms with Crippen LogP contribution >= 0.6 is 27.7 Å². The third-order valence-corrected chi connectivity index (χ3v) is 4.41. The molecule has 0 saturated heterocycles. The van der Waals surface area contributed by atoms with Gasteiger partial charge in [0.1, 0.15) is 0 Å². The monoisotopic (exact) mass is 347 g/mol. The predicted molar refractivity (Wildman–Crippen MR) is 80.2 cm³/mol. The minimum absolute atomic E-state index is 0.196. The Labute approximate surface area is 125 Å². The number of carbonyl (C=O) groups excluding carboxylic acids is 1. The number of aliphatic hydroxyl groups is 2. The molecule has 6 heteroatoms. The van der Waals surface area contributed by atoms with E-state index in [1.165, 1.54) is 11.8 Å². The summed E-state index contributed by atoms with van der Waals surface area (Å²) in [5, 5.41) is 21.2. The van der Waals surface area contributed by atoms with Gasteiger partial charge in [0.2, 0.25) is 5.91 Å². The summed E-state index contributed by atoms with van der Waals surface area (Å²) in [7, 11) is 0. The van der Waals surface area contributed by atoms with Crippen molar-refractivity contribution in [1.29, 1.82) is 0 Å². The van der Waals surface area contributed by atoms with Gasteiger partial charge in [-0.05, 0) is 30.7 Å². The number of benzene rings is 1. The van der Waals surface area contributed by atoms with Crippen molar-refractivity contribution in [3.05, 3.63) is 28.7 Å². The summed E-state index contributed by atoms with van der Waals surface area (Å²) in [4.78, 5) is 12.8. The van der Waals surface area contributed by atoms with Crippen molar-refractivity contribution in [2.24, 2.45) is 0 Å². The second kappa shape index (κ2) is 7.89. The van der Waals surface area contributed by atoms with Crippen molar-refractivity contribution in [2.75, 3.05) is 19.0 Å². The normalized spacial score (nSPS) is 11.4. The molecule has 0 aromatic heterocycles. The zero-order valence-corrected chi connectivity index (χ0v) is 13.1. The standard InChI is InChI=1S/C13H18BrNO3S/c1-2-13(8-16,9-17)15-12(18)7-19-11-5-3-10(14)4-6-11/h3-6,16-17H,2,7-9H2,1H3,(H,15,18). The predicted octanol–water partition coefficient (Wildman–Crippen LogP) is 1.79. The molecule has 1 aromatic rings. The lowest BCUT2D eigenvalue weighted by molar-refractivity contribution is -0.121. The highest BCUT2D eigenvalue weighted by atomic mass is 79.9. The number of aliphatic hydroxyl groups excluding tert-OH is 2. The van der Waals surface area contributed by atoms with E-state index in [4.69, 9.17) is 0 Å². The van der Waals surface area contributed by atoms with E-state index in [1.807, 2.05) is 31.2 Å². The second-order valence-corrected chi connectivity index (χ2v) is 6.21. The molecule has 0 radical (unpaired) electrons. The molecule has 0 aliphatic heterocycles. The molecule has 0 aliphatic rings. The smallest absolute Gasteiger partial charge is 0.230 e. The number of halogens is 1. The van der Waals surface area contributed by atoms with Crippen molar-refractivity contribution in [1.82, 2.24) is 5.32 Å². The molecular weight excluding hydrogens is 330 g/mol. The van der Waals surface area contributed by atoms with Crippen molar-refractivity contribution in [3.63, 3.8) is 0 Å². The van der Waals surface area contributed by atoms with Gasteiger partial charge in [0, 0.05) is 9.37 Å². The Morgan fingerprint density at radius 2 is 1.89 bits per heavy atom. The summed E-state index contributed by atoms with van der Waals surface area (Å²) < 4.78 is 0.992. The first kappa shape index (κ1) is 16.5. The Hall–Kier alpha value is -0.560. The minimum Gasteiger partial charge on any atom is -0.394 e. The van der Waals surface area contributed by atoms with Gasteiger partial charge in [-0.15, -0.1) is 11.8 Å². The Kier molecular flexibility index (Phi) is 6.85. The van der Waals surface area contributed by atoms with E-state index >= 15 is 0 Å². The Morgan fingerprint density at radius 1 is 1.32 bits per heavy atom. The molecule has 0 bridgehead atoms. The number of hydrogen-bond acceptors (Lipinski definition) is 4. The first-order valence-corrected chi connectivity index (χ1v) is 7.74. The highest BCUT2D eigenvalue weighted by Crippen LogP contribution is 2.20. The molecule has 0 atom stereocenters. The van der Waals surface area contributed by atoms with Crippen LogP contribution < -0.4 is 5.32 Å². The fraction of sp³-hybridized carbons (Fsp3) is 0.462. The number of rotatable bonds is 7. The van der Waals surface area contributed by atoms with E-state index in [1.54, 1.807) is 0 Å². The van der Waals surface area contributed by atoms with Gasteiger partial charge in [-0.3, -0.25) is 4.79 Å². The molecule has 4 nitrogen and oxygen atoms in total. The highest BCUT2D eigenvalue weighted by molar-refractivity contribution is 9.10. The fourth-order valence-corrected chi connectivity index (χ4v) is 2.42. The molecule has 1 aromatic carbocycles. The number of nitrogens with one attached hydrogen (secondary N) is 1. The number of carbonyl (C=O) groups is 1. The van der Waals surface area contributed by atoms with Gasteiger partial charge in [-0.25, -0.2) is 0 Å². The van der Waals surface area contributed by atoms with Crippen molar-refractivity contribution in [3.8, 4) is 0 Å². The van der Waals surface area contributed by atoms with Crippen LogP contribution in [0.3, 0.4) is 0 Å². The topological polar surface area (TPSA) is 69.6 Å². The van der Waals surface area contributed by atoms with Crippen LogP contribution in [0, 0.1) is 0 Å². The molecule has 1 rings (SSSR count). The summed E-state index contributed by atoms with van der Waals surface area (Å²) in [6.45, 7) is 1.28. The lowest BCUT2D eigenvalue weighted by Crippen LogP contribution is -2.54. The van der Waals surface area contributed by atoms with Crippen LogP contribution in [0.5, 0.6) is 0 Å². The van der Waals surface area contributed by atoms with Gasteiger partial charge in [0.15, 0.2) is 0 Å². The van der Waals surface area contributed by atoms with Crippen molar-refractivity contribution >= 4 is 33.6 Å². The maximum absolute atomic E-state index is 11.8. The Bertz CT molecular complexity index is 399. The van der Waals surface area contributed by atoms with E-state index in [-0.39, 0.29) is 24.9 Å². The first-order valence-electron chi connectivity index (χ1n) is 5.96. The summed E-state index contributed by atoms with van der Waals surface area (Å²) in [6.07, 6.45) is 0.481. The number of amides is 1. The third-order valence-electron chi connectivity index (χ3n) is 2.87. The first-order chi connectivity index (χ1) is 9.05. The molecule has 0 heterocycles. The SMILES string of the molecule is CCC(CO)(CO)NC(=O)CSc1ccc(Br)cc1. The maximum atomic E-state index is 11.8. The zero-order chi connectivity index (χ0) is 14.3. The van der Waals surface area contributed by atoms with Crippen LogP contribution in [0.25, 0.3) is 0 Å². The lowest BCUT2D eigenvalue weighted by atomic mass is 9.99. The second-order valence-electron chi connectivity index (χ2n) is 4.24. The summed E-state index contributed by atoms with van der Waals surface area (Å²) >= 11 is 4.76. The summed E-state index contributed by atoms with van der Waals surface area (Å²) in [5.74, 6) is 0.0569. The Morgan fingerprint density at radius 3 is 2.37 bits per heavy atom. The molecular formula is C13H18BrNO3S. The molecule has 3 N–H and O–H groups in total. The van der Waals surface area contributed by atoms with Gasteiger partial charge in [-0.1, -0.05) is 22.9 Å². The van der Waals surface area contributed by atoms with E-state index in [9.17, 15) is 15.0 Å². The molecule has 0 unspecified atom stereocenters. The van der Waals surface area contributed by atoms with E-state index in [0.29, 0.717) is 6.42 Å². The fourth-order valence-electron chi connectivity index (χ4n) is 1.45. The average molecular weight is 348 g/mol. The van der Waals surface area contributed by atoms with E-state index in [0.717, 1.165) is 9.37 Å². The van der Waals surface area contributed by atoms with Gasteiger partial charge in [0.25, 0.3) is 0 Å². The molecule has 0 aliphatic carbocycles. The quantitative estimate of drug-likeness (QED) is 0.657. The summed E-state index contributed by atoms with van der Waals surface area (Å²) in [6, 6.07) is 7.68. The highest BCUT2D eigenvalue weighted by Gasteiger charge is 2.28. The largest absolute Gasteiger partial charge is 0.394 e.